The number of hydrogen-bond donors (Lipinski definition) is 2. The summed E-state index contributed by atoms with van der Waals surface area (Å²) in [5.74, 6) is -0.613. The molecule has 31 heavy (non-hydrogen) atoms. The van der Waals surface area contributed by atoms with E-state index in [1.54, 1.807) is 4.52 Å². The van der Waals surface area contributed by atoms with Crippen LogP contribution in [-0.4, -0.2) is 33.0 Å². The standard InChI is InChI=1S/C23H23N5O2S/c1-15-7-6-10-18(13-15)20-26-23-28(27-20)19(14-31-23)11-12-24-21(29)22(30)25-16(2)17-8-4-3-5-9-17/h3-10,13-14,16H,11-12H2,1-2H3,(H,24,29)(H,25,30)/t16-/m1/s1. The normalized spacial score (nSPS) is 11.9. The summed E-state index contributed by atoms with van der Waals surface area (Å²) in [6.07, 6.45) is 0.546. The number of aromatic nitrogens is 3. The zero-order valence-corrected chi connectivity index (χ0v) is 18.1. The Kier molecular flexibility index (Phi) is 6.08. The van der Waals surface area contributed by atoms with Gasteiger partial charge in [-0.05, 0) is 25.5 Å². The number of nitrogens with one attached hydrogen (secondary N) is 2. The molecule has 0 fully saturated rings. The van der Waals surface area contributed by atoms with Crippen molar-refractivity contribution in [2.45, 2.75) is 26.3 Å². The number of amides is 2. The van der Waals surface area contributed by atoms with Crippen molar-refractivity contribution >= 4 is 28.1 Å². The molecule has 0 aliphatic heterocycles. The second kappa shape index (κ2) is 9.09. The molecule has 4 aromatic rings. The minimum Gasteiger partial charge on any atom is -0.347 e. The van der Waals surface area contributed by atoms with Gasteiger partial charge in [-0.3, -0.25) is 9.59 Å². The lowest BCUT2D eigenvalue weighted by Crippen LogP contribution is -2.41. The fourth-order valence-electron chi connectivity index (χ4n) is 3.27. The highest BCUT2D eigenvalue weighted by Crippen LogP contribution is 2.21. The minimum absolute atomic E-state index is 0.244. The zero-order valence-electron chi connectivity index (χ0n) is 17.3. The smallest absolute Gasteiger partial charge is 0.309 e. The van der Waals surface area contributed by atoms with Crippen LogP contribution >= 0.6 is 11.3 Å². The first kappa shape index (κ1) is 20.7. The van der Waals surface area contributed by atoms with Crippen LogP contribution in [-0.2, 0) is 16.0 Å². The lowest BCUT2D eigenvalue weighted by atomic mass is 10.1. The fourth-order valence-corrected chi connectivity index (χ4v) is 4.13. The molecule has 2 amide bonds. The number of rotatable bonds is 6. The molecule has 7 nitrogen and oxygen atoms in total. The molecular weight excluding hydrogens is 410 g/mol. The number of nitrogens with zero attached hydrogens (tertiary/aromatic N) is 3. The molecule has 2 aromatic carbocycles. The molecule has 4 rings (SSSR count). The number of carbonyl (C=O) groups is 2. The van der Waals surface area contributed by atoms with Gasteiger partial charge in [-0.25, -0.2) is 4.52 Å². The first-order valence-electron chi connectivity index (χ1n) is 10.0. The van der Waals surface area contributed by atoms with Gasteiger partial charge in [0.25, 0.3) is 0 Å². The lowest BCUT2D eigenvalue weighted by Gasteiger charge is -2.13. The third-order valence-corrected chi connectivity index (χ3v) is 5.81. The predicted molar refractivity (Wildman–Crippen MR) is 121 cm³/mol. The van der Waals surface area contributed by atoms with Crippen LogP contribution in [0, 0.1) is 6.92 Å². The topological polar surface area (TPSA) is 88.4 Å². The first-order chi connectivity index (χ1) is 15.0. The molecule has 1 atom stereocenters. The summed E-state index contributed by atoms with van der Waals surface area (Å²) in [5.41, 5.74) is 4.00. The Balaban J connectivity index is 1.34. The molecule has 2 N–H and O–H groups in total. The molecule has 0 bridgehead atoms. The van der Waals surface area contributed by atoms with Gasteiger partial charge in [-0.2, -0.15) is 4.98 Å². The maximum absolute atomic E-state index is 12.2. The van der Waals surface area contributed by atoms with Crippen molar-refractivity contribution < 1.29 is 9.59 Å². The van der Waals surface area contributed by atoms with Gasteiger partial charge in [-0.15, -0.1) is 16.4 Å². The van der Waals surface area contributed by atoms with Crippen molar-refractivity contribution in [3.8, 4) is 11.4 Å². The zero-order chi connectivity index (χ0) is 21.8. The van der Waals surface area contributed by atoms with E-state index in [1.165, 1.54) is 11.3 Å². The summed E-state index contributed by atoms with van der Waals surface area (Å²) in [5, 5.41) is 12.0. The van der Waals surface area contributed by atoms with Crippen LogP contribution in [0.4, 0.5) is 0 Å². The van der Waals surface area contributed by atoms with E-state index in [9.17, 15) is 9.59 Å². The fraction of sp³-hybridized carbons (Fsp3) is 0.217. The van der Waals surface area contributed by atoms with E-state index in [0.717, 1.165) is 27.3 Å². The van der Waals surface area contributed by atoms with Gasteiger partial charge >= 0.3 is 11.8 Å². The molecule has 8 heteroatoms. The third kappa shape index (κ3) is 4.80. The van der Waals surface area contributed by atoms with E-state index < -0.39 is 11.8 Å². The summed E-state index contributed by atoms with van der Waals surface area (Å²) >= 11 is 1.50. The Morgan fingerprint density at radius 1 is 1.10 bits per heavy atom. The molecule has 0 unspecified atom stereocenters. The average molecular weight is 434 g/mol. The highest BCUT2D eigenvalue weighted by molar-refractivity contribution is 7.15. The molecule has 2 heterocycles. The Labute approximate surface area is 184 Å². The summed E-state index contributed by atoms with van der Waals surface area (Å²) in [4.78, 5) is 29.7. The van der Waals surface area contributed by atoms with Crippen molar-refractivity contribution in [2.24, 2.45) is 0 Å². The van der Waals surface area contributed by atoms with E-state index in [2.05, 4.69) is 20.7 Å². The van der Waals surface area contributed by atoms with Crippen molar-refractivity contribution in [1.82, 2.24) is 25.2 Å². The molecule has 0 radical (unpaired) electrons. The van der Waals surface area contributed by atoms with Crippen molar-refractivity contribution in [3.05, 3.63) is 76.8 Å². The number of thiazole rings is 1. The quantitative estimate of drug-likeness (QED) is 0.457. The van der Waals surface area contributed by atoms with Crippen LogP contribution < -0.4 is 10.6 Å². The van der Waals surface area contributed by atoms with E-state index in [4.69, 9.17) is 0 Å². The van der Waals surface area contributed by atoms with Crippen LogP contribution in [0.2, 0.25) is 0 Å². The Bertz CT molecular complexity index is 1220. The summed E-state index contributed by atoms with van der Waals surface area (Å²) < 4.78 is 1.80. The molecule has 0 spiro atoms. The maximum atomic E-state index is 12.2. The molecule has 0 saturated carbocycles. The summed E-state index contributed by atoms with van der Waals surface area (Å²) in [7, 11) is 0. The van der Waals surface area contributed by atoms with Gasteiger partial charge in [0.05, 0.1) is 11.7 Å². The van der Waals surface area contributed by atoms with Crippen molar-refractivity contribution in [3.63, 3.8) is 0 Å². The van der Waals surface area contributed by atoms with Gasteiger partial charge < -0.3 is 10.6 Å². The predicted octanol–water partition coefficient (Wildman–Crippen LogP) is 3.30. The van der Waals surface area contributed by atoms with Crippen molar-refractivity contribution in [1.29, 1.82) is 0 Å². The number of carbonyl (C=O) groups excluding carboxylic acids is 2. The van der Waals surface area contributed by atoms with Crippen LogP contribution in [0.25, 0.3) is 16.3 Å². The first-order valence-corrected chi connectivity index (χ1v) is 10.9. The van der Waals surface area contributed by atoms with Crippen LogP contribution in [0.1, 0.15) is 29.8 Å². The number of hydrogen-bond acceptors (Lipinski definition) is 5. The van der Waals surface area contributed by atoms with E-state index >= 15 is 0 Å². The number of fused-ring (bicyclic) bond motifs is 1. The molecule has 2 aromatic heterocycles. The minimum atomic E-state index is -0.645. The lowest BCUT2D eigenvalue weighted by molar-refractivity contribution is -0.139. The highest BCUT2D eigenvalue weighted by atomic mass is 32.1. The van der Waals surface area contributed by atoms with Gasteiger partial charge in [0, 0.05) is 23.9 Å². The number of benzene rings is 2. The monoisotopic (exact) mass is 433 g/mol. The van der Waals surface area contributed by atoms with Gasteiger partial charge in [-0.1, -0.05) is 54.1 Å². The Morgan fingerprint density at radius 2 is 1.90 bits per heavy atom. The van der Waals surface area contributed by atoms with Crippen LogP contribution in [0.5, 0.6) is 0 Å². The third-order valence-electron chi connectivity index (χ3n) is 4.95. The average Bonchev–Trinajstić information content (AvgIpc) is 3.36. The van der Waals surface area contributed by atoms with E-state index in [1.807, 2.05) is 73.8 Å². The molecule has 0 aliphatic rings. The molecule has 0 aliphatic carbocycles. The molecular formula is C23H23N5O2S. The Hall–Kier alpha value is -3.52. The van der Waals surface area contributed by atoms with Crippen molar-refractivity contribution in [2.75, 3.05) is 6.54 Å². The summed E-state index contributed by atoms with van der Waals surface area (Å²) in [6.45, 7) is 4.21. The van der Waals surface area contributed by atoms with Gasteiger partial charge in [0.2, 0.25) is 4.96 Å². The maximum Gasteiger partial charge on any atom is 0.309 e. The summed E-state index contributed by atoms with van der Waals surface area (Å²) in [6, 6.07) is 17.3. The Morgan fingerprint density at radius 3 is 2.68 bits per heavy atom. The van der Waals surface area contributed by atoms with Gasteiger partial charge in [0.15, 0.2) is 5.82 Å². The largest absolute Gasteiger partial charge is 0.347 e. The highest BCUT2D eigenvalue weighted by Gasteiger charge is 2.17. The second-order valence-corrected chi connectivity index (χ2v) is 8.17. The molecule has 158 valence electrons. The van der Waals surface area contributed by atoms with E-state index in [0.29, 0.717) is 18.8 Å². The van der Waals surface area contributed by atoms with Crippen LogP contribution in [0.3, 0.4) is 0 Å². The van der Waals surface area contributed by atoms with Gasteiger partial charge in [0.1, 0.15) is 0 Å². The number of aryl methyl sites for hydroxylation is 1. The SMILES string of the molecule is Cc1cccc(-c2nc3scc(CCNC(=O)C(=O)N[C@H](C)c4ccccc4)n3n2)c1. The van der Waals surface area contributed by atoms with Crippen LogP contribution in [0.15, 0.2) is 60.0 Å². The van der Waals surface area contributed by atoms with E-state index in [-0.39, 0.29) is 6.04 Å². The molecule has 0 saturated heterocycles. The second-order valence-electron chi connectivity index (χ2n) is 7.34.